The van der Waals surface area contributed by atoms with E-state index < -0.39 is 0 Å². The van der Waals surface area contributed by atoms with Gasteiger partial charge in [-0.05, 0) is 29.7 Å². The van der Waals surface area contributed by atoms with E-state index in [1.807, 2.05) is 11.4 Å². The van der Waals surface area contributed by atoms with Crippen LogP contribution >= 0.6 is 22.9 Å². The Morgan fingerprint density at radius 3 is 3.00 bits per heavy atom. The van der Waals surface area contributed by atoms with Gasteiger partial charge in [-0.3, -0.25) is 0 Å². The number of alkyl halides is 1. The average molecular weight is 284 g/mol. The highest BCUT2D eigenvalue weighted by molar-refractivity contribution is 7.17. The van der Waals surface area contributed by atoms with Gasteiger partial charge in [-0.25, -0.2) is 9.97 Å². The maximum atomic E-state index is 5.75. The number of thiophene rings is 1. The summed E-state index contributed by atoms with van der Waals surface area (Å²) in [5, 5.41) is 5.48. The van der Waals surface area contributed by atoms with E-state index >= 15 is 0 Å². The van der Waals surface area contributed by atoms with Crippen LogP contribution in [0.3, 0.4) is 0 Å². The van der Waals surface area contributed by atoms with E-state index in [9.17, 15) is 0 Å². The number of nitrogens with one attached hydrogen (secondary N) is 1. The van der Waals surface area contributed by atoms with E-state index in [-0.39, 0.29) is 5.41 Å². The summed E-state index contributed by atoms with van der Waals surface area (Å²) in [5.41, 5.74) is 1.24. The Bertz CT molecular complexity index is 510. The Morgan fingerprint density at radius 2 is 2.22 bits per heavy atom. The molecule has 0 radical (unpaired) electrons. The standard InChI is InChI=1S/C13H18ClN3S/c1-13(2,5-3-6-14)8-15-12-11-10(4-7-18-11)16-9-17-12/h4,7,9H,3,5-6,8H2,1-2H3,(H,15,16,17). The van der Waals surface area contributed by atoms with Gasteiger partial charge >= 0.3 is 0 Å². The third kappa shape index (κ3) is 3.33. The van der Waals surface area contributed by atoms with Crippen LogP contribution in [-0.2, 0) is 0 Å². The second kappa shape index (κ2) is 5.85. The van der Waals surface area contributed by atoms with Crippen LogP contribution in [0.1, 0.15) is 26.7 Å². The van der Waals surface area contributed by atoms with Gasteiger partial charge in [0.15, 0.2) is 0 Å². The van der Waals surface area contributed by atoms with Crippen LogP contribution < -0.4 is 5.32 Å². The lowest BCUT2D eigenvalue weighted by atomic mass is 9.88. The molecule has 0 atom stereocenters. The van der Waals surface area contributed by atoms with Gasteiger partial charge in [-0.15, -0.1) is 22.9 Å². The third-order valence-electron chi connectivity index (χ3n) is 2.96. The summed E-state index contributed by atoms with van der Waals surface area (Å²) >= 11 is 7.42. The Balaban J connectivity index is 2.03. The molecule has 0 bridgehead atoms. The molecule has 2 aromatic rings. The van der Waals surface area contributed by atoms with Crippen molar-refractivity contribution in [2.75, 3.05) is 17.7 Å². The van der Waals surface area contributed by atoms with E-state index in [0.717, 1.165) is 41.3 Å². The van der Waals surface area contributed by atoms with Gasteiger partial charge in [0.25, 0.3) is 0 Å². The highest BCUT2D eigenvalue weighted by atomic mass is 35.5. The van der Waals surface area contributed by atoms with Gasteiger partial charge in [0.1, 0.15) is 12.1 Å². The molecule has 0 aromatic carbocycles. The van der Waals surface area contributed by atoms with Crippen LogP contribution in [0.2, 0.25) is 0 Å². The molecule has 2 aromatic heterocycles. The maximum absolute atomic E-state index is 5.75. The number of hydrogen-bond acceptors (Lipinski definition) is 4. The third-order valence-corrected chi connectivity index (χ3v) is 4.14. The summed E-state index contributed by atoms with van der Waals surface area (Å²) in [6.45, 7) is 5.40. The zero-order valence-corrected chi connectivity index (χ0v) is 12.3. The van der Waals surface area contributed by atoms with Crippen molar-refractivity contribution < 1.29 is 0 Å². The van der Waals surface area contributed by atoms with Crippen LogP contribution in [0.25, 0.3) is 10.2 Å². The van der Waals surface area contributed by atoms with Crippen LogP contribution in [0, 0.1) is 5.41 Å². The van der Waals surface area contributed by atoms with Crippen molar-refractivity contribution in [2.24, 2.45) is 5.41 Å². The maximum Gasteiger partial charge on any atom is 0.147 e. The van der Waals surface area contributed by atoms with Crippen LogP contribution in [-0.4, -0.2) is 22.4 Å². The van der Waals surface area contributed by atoms with Crippen molar-refractivity contribution in [2.45, 2.75) is 26.7 Å². The number of nitrogens with zero attached hydrogens (tertiary/aromatic N) is 2. The zero-order valence-electron chi connectivity index (χ0n) is 10.7. The minimum absolute atomic E-state index is 0.226. The minimum Gasteiger partial charge on any atom is -0.368 e. The minimum atomic E-state index is 0.226. The highest BCUT2D eigenvalue weighted by Crippen LogP contribution is 2.27. The van der Waals surface area contributed by atoms with E-state index in [2.05, 4.69) is 29.1 Å². The predicted molar refractivity (Wildman–Crippen MR) is 79.6 cm³/mol. The molecule has 0 aliphatic heterocycles. The number of hydrogen-bond donors (Lipinski definition) is 1. The molecule has 0 aliphatic carbocycles. The van der Waals surface area contributed by atoms with Crippen molar-refractivity contribution in [3.63, 3.8) is 0 Å². The lowest BCUT2D eigenvalue weighted by Crippen LogP contribution is -2.23. The Kier molecular flexibility index (Phi) is 4.40. The molecule has 0 aliphatic rings. The second-order valence-corrected chi connectivity index (χ2v) is 6.46. The molecule has 0 spiro atoms. The van der Waals surface area contributed by atoms with E-state index in [4.69, 9.17) is 11.6 Å². The van der Waals surface area contributed by atoms with Crippen molar-refractivity contribution in [3.8, 4) is 0 Å². The number of halogens is 1. The summed E-state index contributed by atoms with van der Waals surface area (Å²) in [6, 6.07) is 2.02. The summed E-state index contributed by atoms with van der Waals surface area (Å²) in [7, 11) is 0. The molecular weight excluding hydrogens is 266 g/mol. The topological polar surface area (TPSA) is 37.8 Å². The van der Waals surface area contributed by atoms with Crippen molar-refractivity contribution in [3.05, 3.63) is 17.8 Å². The molecular formula is C13H18ClN3S. The largest absolute Gasteiger partial charge is 0.368 e. The van der Waals surface area contributed by atoms with Crippen molar-refractivity contribution >= 4 is 39.0 Å². The molecule has 0 unspecified atom stereocenters. The van der Waals surface area contributed by atoms with E-state index in [0.29, 0.717) is 0 Å². The van der Waals surface area contributed by atoms with Crippen LogP contribution in [0.5, 0.6) is 0 Å². The second-order valence-electron chi connectivity index (χ2n) is 5.17. The van der Waals surface area contributed by atoms with Crippen LogP contribution in [0.15, 0.2) is 17.8 Å². The molecule has 0 amide bonds. The Morgan fingerprint density at radius 1 is 1.39 bits per heavy atom. The first-order valence-electron chi connectivity index (χ1n) is 6.10. The molecule has 0 saturated heterocycles. The molecule has 2 rings (SSSR count). The van der Waals surface area contributed by atoms with Gasteiger partial charge < -0.3 is 5.32 Å². The van der Waals surface area contributed by atoms with Gasteiger partial charge in [-0.2, -0.15) is 0 Å². The SMILES string of the molecule is CC(C)(CCCCl)CNc1ncnc2ccsc12. The number of aromatic nitrogens is 2. The average Bonchev–Trinajstić information content (AvgIpc) is 2.82. The van der Waals surface area contributed by atoms with Gasteiger partial charge in [-0.1, -0.05) is 13.8 Å². The first kappa shape index (κ1) is 13.6. The number of anilines is 1. The van der Waals surface area contributed by atoms with Crippen molar-refractivity contribution in [1.29, 1.82) is 0 Å². The summed E-state index contributed by atoms with van der Waals surface area (Å²) in [6.07, 6.45) is 3.78. The molecule has 98 valence electrons. The van der Waals surface area contributed by atoms with Gasteiger partial charge in [0, 0.05) is 12.4 Å². The highest BCUT2D eigenvalue weighted by Gasteiger charge is 2.17. The van der Waals surface area contributed by atoms with E-state index in [1.165, 1.54) is 0 Å². The molecule has 0 saturated carbocycles. The summed E-state index contributed by atoms with van der Waals surface area (Å²) < 4.78 is 1.13. The predicted octanol–water partition coefficient (Wildman–Crippen LogP) is 4.15. The lowest BCUT2D eigenvalue weighted by molar-refractivity contribution is 0.355. The molecule has 18 heavy (non-hydrogen) atoms. The van der Waals surface area contributed by atoms with Crippen molar-refractivity contribution in [1.82, 2.24) is 9.97 Å². The Labute approximate surface area is 117 Å². The number of fused-ring (bicyclic) bond motifs is 1. The zero-order chi connectivity index (χ0) is 13.0. The monoisotopic (exact) mass is 283 g/mol. The quantitative estimate of drug-likeness (QED) is 0.810. The molecule has 3 nitrogen and oxygen atoms in total. The fourth-order valence-corrected chi connectivity index (χ4v) is 2.82. The van der Waals surface area contributed by atoms with Gasteiger partial charge in [0.2, 0.25) is 0 Å². The molecule has 5 heteroatoms. The Hall–Kier alpha value is -0.870. The van der Waals surface area contributed by atoms with Gasteiger partial charge in [0.05, 0.1) is 10.2 Å². The fraction of sp³-hybridized carbons (Fsp3) is 0.538. The molecule has 2 heterocycles. The first-order chi connectivity index (χ1) is 8.62. The summed E-state index contributed by atoms with van der Waals surface area (Å²) in [4.78, 5) is 8.56. The number of rotatable bonds is 6. The smallest absolute Gasteiger partial charge is 0.147 e. The molecule has 0 fully saturated rings. The van der Waals surface area contributed by atoms with E-state index in [1.54, 1.807) is 17.7 Å². The first-order valence-corrected chi connectivity index (χ1v) is 7.52. The lowest BCUT2D eigenvalue weighted by Gasteiger charge is -2.24. The van der Waals surface area contributed by atoms with Crippen LogP contribution in [0.4, 0.5) is 5.82 Å². The fourth-order valence-electron chi connectivity index (χ4n) is 1.87. The summed E-state index contributed by atoms with van der Waals surface area (Å²) in [5.74, 6) is 1.67. The normalized spacial score (nSPS) is 11.9. The molecule has 1 N–H and O–H groups in total.